The molecule has 1 aromatic heterocycles. The molecule has 0 spiro atoms. The van der Waals surface area contributed by atoms with E-state index in [1.54, 1.807) is 7.11 Å². The van der Waals surface area contributed by atoms with E-state index in [-0.39, 0.29) is 6.04 Å². The van der Waals surface area contributed by atoms with Crippen molar-refractivity contribution in [3.8, 4) is 0 Å². The zero-order chi connectivity index (χ0) is 12.5. The zero-order valence-electron chi connectivity index (χ0n) is 10.6. The van der Waals surface area contributed by atoms with E-state index in [9.17, 15) is 0 Å². The number of methoxy groups -OCH3 is 1. The number of hydrogen-bond donors (Lipinski definition) is 2. The maximum Gasteiger partial charge on any atom is 0.0724 e. The minimum absolute atomic E-state index is 0.0301. The van der Waals surface area contributed by atoms with Crippen molar-refractivity contribution in [2.75, 3.05) is 26.9 Å². The molecule has 0 fully saturated rings. The number of aryl methyl sites for hydroxylation is 1. The summed E-state index contributed by atoms with van der Waals surface area (Å²) in [5.74, 6) is 5.50. The first-order chi connectivity index (χ1) is 8.31. The van der Waals surface area contributed by atoms with Crippen LogP contribution in [0.25, 0.3) is 0 Å². The van der Waals surface area contributed by atoms with Gasteiger partial charge < -0.3 is 9.47 Å². The minimum Gasteiger partial charge on any atom is -0.382 e. The van der Waals surface area contributed by atoms with Crippen molar-refractivity contribution in [3.63, 3.8) is 0 Å². The Balaban J connectivity index is 2.42. The molecule has 1 heterocycles. The molecule has 1 unspecified atom stereocenters. The van der Waals surface area contributed by atoms with Gasteiger partial charge in [0, 0.05) is 25.4 Å². The van der Waals surface area contributed by atoms with E-state index in [1.165, 1.54) is 0 Å². The number of rotatable bonds is 9. The van der Waals surface area contributed by atoms with Crippen molar-refractivity contribution in [3.05, 3.63) is 18.0 Å². The predicted molar refractivity (Wildman–Crippen MR) is 65.3 cm³/mol. The molecule has 1 aromatic rings. The average Bonchev–Trinajstić information content (AvgIpc) is 2.78. The van der Waals surface area contributed by atoms with Crippen LogP contribution in [0.3, 0.4) is 0 Å². The molecule has 1 rings (SSSR count). The van der Waals surface area contributed by atoms with Crippen molar-refractivity contribution in [2.45, 2.75) is 25.9 Å². The molecule has 0 saturated heterocycles. The number of nitrogens with one attached hydrogen (secondary N) is 1. The molecule has 0 aromatic carbocycles. The second-order valence-electron chi connectivity index (χ2n) is 3.82. The number of hydrazine groups is 1. The Morgan fingerprint density at radius 2 is 2.35 bits per heavy atom. The molecular weight excluding hydrogens is 220 g/mol. The SMILES string of the molecule is CCCn1cc(C(COCCOC)NN)cn1. The number of ether oxygens (including phenoxy) is 2. The normalized spacial score (nSPS) is 12.9. The van der Waals surface area contributed by atoms with Crippen molar-refractivity contribution in [2.24, 2.45) is 5.84 Å². The van der Waals surface area contributed by atoms with Crippen LogP contribution in [0.15, 0.2) is 12.4 Å². The first-order valence-corrected chi connectivity index (χ1v) is 5.87. The minimum atomic E-state index is -0.0301. The predicted octanol–water partition coefficient (Wildman–Crippen LogP) is 0.461. The molecule has 6 nitrogen and oxygen atoms in total. The standard InChI is InChI=1S/C11H22N4O2/c1-3-4-15-8-10(7-13-15)11(14-12)9-17-6-5-16-2/h7-8,11,14H,3-6,9,12H2,1-2H3. The second kappa shape index (κ2) is 8.19. The smallest absolute Gasteiger partial charge is 0.0724 e. The summed E-state index contributed by atoms with van der Waals surface area (Å²) in [4.78, 5) is 0. The molecular formula is C11H22N4O2. The molecule has 3 N–H and O–H groups in total. The van der Waals surface area contributed by atoms with Gasteiger partial charge in [0.1, 0.15) is 0 Å². The fourth-order valence-electron chi connectivity index (χ4n) is 1.49. The van der Waals surface area contributed by atoms with Gasteiger partial charge in [-0.15, -0.1) is 0 Å². The highest BCUT2D eigenvalue weighted by atomic mass is 16.5. The van der Waals surface area contributed by atoms with Crippen LogP contribution in [0.2, 0.25) is 0 Å². The summed E-state index contributed by atoms with van der Waals surface area (Å²) < 4.78 is 12.3. The van der Waals surface area contributed by atoms with Crippen molar-refractivity contribution < 1.29 is 9.47 Å². The highest BCUT2D eigenvalue weighted by Crippen LogP contribution is 2.11. The van der Waals surface area contributed by atoms with Gasteiger partial charge in [-0.25, -0.2) is 0 Å². The van der Waals surface area contributed by atoms with Gasteiger partial charge in [0.15, 0.2) is 0 Å². The Morgan fingerprint density at radius 3 is 3.00 bits per heavy atom. The van der Waals surface area contributed by atoms with E-state index >= 15 is 0 Å². The van der Waals surface area contributed by atoms with Crippen molar-refractivity contribution >= 4 is 0 Å². The highest BCUT2D eigenvalue weighted by Gasteiger charge is 2.11. The van der Waals surface area contributed by atoms with Gasteiger partial charge in [-0.2, -0.15) is 5.10 Å². The summed E-state index contributed by atoms with van der Waals surface area (Å²) >= 11 is 0. The fourth-order valence-corrected chi connectivity index (χ4v) is 1.49. The molecule has 0 radical (unpaired) electrons. The average molecular weight is 242 g/mol. The number of hydrogen-bond acceptors (Lipinski definition) is 5. The Bertz CT molecular complexity index is 303. The van der Waals surface area contributed by atoms with Crippen LogP contribution in [0, 0.1) is 0 Å². The maximum absolute atomic E-state index is 5.50. The Kier molecular flexibility index (Phi) is 6.80. The van der Waals surface area contributed by atoms with Gasteiger partial charge in [-0.3, -0.25) is 16.0 Å². The molecule has 0 amide bonds. The quantitative estimate of drug-likeness (QED) is 0.374. The zero-order valence-corrected chi connectivity index (χ0v) is 10.6. The Hall–Kier alpha value is -0.950. The fraction of sp³-hybridized carbons (Fsp3) is 0.727. The van der Waals surface area contributed by atoms with Crippen LogP contribution >= 0.6 is 0 Å². The largest absolute Gasteiger partial charge is 0.382 e. The molecule has 0 bridgehead atoms. The van der Waals surface area contributed by atoms with Crippen LogP contribution in [0.4, 0.5) is 0 Å². The van der Waals surface area contributed by atoms with Crippen molar-refractivity contribution in [1.82, 2.24) is 15.2 Å². The highest BCUT2D eigenvalue weighted by molar-refractivity contribution is 5.10. The van der Waals surface area contributed by atoms with E-state index in [1.807, 2.05) is 17.1 Å². The molecule has 1 atom stereocenters. The van der Waals surface area contributed by atoms with Crippen LogP contribution < -0.4 is 11.3 Å². The van der Waals surface area contributed by atoms with E-state index in [0.29, 0.717) is 19.8 Å². The van der Waals surface area contributed by atoms with Crippen LogP contribution in [-0.4, -0.2) is 36.7 Å². The second-order valence-corrected chi connectivity index (χ2v) is 3.82. The summed E-state index contributed by atoms with van der Waals surface area (Å²) in [7, 11) is 1.65. The third kappa shape index (κ3) is 4.82. The molecule has 0 aliphatic heterocycles. The molecule has 6 heteroatoms. The van der Waals surface area contributed by atoms with Crippen LogP contribution in [0.1, 0.15) is 24.9 Å². The molecule has 0 saturated carbocycles. The first kappa shape index (κ1) is 14.1. The summed E-state index contributed by atoms with van der Waals surface area (Å²) in [6, 6.07) is -0.0301. The lowest BCUT2D eigenvalue weighted by molar-refractivity contribution is 0.0586. The summed E-state index contributed by atoms with van der Waals surface area (Å²) in [6.45, 7) is 4.71. The summed E-state index contributed by atoms with van der Waals surface area (Å²) in [5.41, 5.74) is 3.77. The van der Waals surface area contributed by atoms with Gasteiger partial charge in [0.25, 0.3) is 0 Å². The summed E-state index contributed by atoms with van der Waals surface area (Å²) in [6.07, 6.45) is 4.87. The lowest BCUT2D eigenvalue weighted by atomic mass is 10.2. The molecule has 0 aliphatic rings. The monoisotopic (exact) mass is 242 g/mol. The molecule has 0 aliphatic carbocycles. The van der Waals surface area contributed by atoms with Gasteiger partial charge in [0.05, 0.1) is 32.1 Å². The Morgan fingerprint density at radius 1 is 1.53 bits per heavy atom. The number of aromatic nitrogens is 2. The molecule has 98 valence electrons. The first-order valence-electron chi connectivity index (χ1n) is 5.87. The number of nitrogens with two attached hydrogens (primary N) is 1. The summed E-state index contributed by atoms with van der Waals surface area (Å²) in [5, 5.41) is 4.26. The van der Waals surface area contributed by atoms with E-state index in [2.05, 4.69) is 17.4 Å². The topological polar surface area (TPSA) is 74.3 Å². The van der Waals surface area contributed by atoms with Crippen molar-refractivity contribution in [1.29, 1.82) is 0 Å². The lowest BCUT2D eigenvalue weighted by Gasteiger charge is -2.14. The van der Waals surface area contributed by atoms with Crippen LogP contribution in [-0.2, 0) is 16.0 Å². The third-order valence-electron chi connectivity index (χ3n) is 2.43. The van der Waals surface area contributed by atoms with Gasteiger partial charge in [0.2, 0.25) is 0 Å². The van der Waals surface area contributed by atoms with E-state index in [0.717, 1.165) is 18.5 Å². The van der Waals surface area contributed by atoms with E-state index < -0.39 is 0 Å². The van der Waals surface area contributed by atoms with Gasteiger partial charge in [-0.1, -0.05) is 6.92 Å². The lowest BCUT2D eigenvalue weighted by Crippen LogP contribution is -2.31. The third-order valence-corrected chi connectivity index (χ3v) is 2.43. The van der Waals surface area contributed by atoms with Crippen LogP contribution in [0.5, 0.6) is 0 Å². The Labute approximate surface area is 102 Å². The van der Waals surface area contributed by atoms with Gasteiger partial charge in [-0.05, 0) is 6.42 Å². The van der Waals surface area contributed by atoms with Gasteiger partial charge >= 0.3 is 0 Å². The van der Waals surface area contributed by atoms with E-state index in [4.69, 9.17) is 15.3 Å². The molecule has 17 heavy (non-hydrogen) atoms. The number of nitrogens with zero attached hydrogens (tertiary/aromatic N) is 2. The maximum atomic E-state index is 5.50.